The van der Waals surface area contributed by atoms with Crippen LogP contribution in [0.15, 0.2) is 34.8 Å². The van der Waals surface area contributed by atoms with E-state index in [1.54, 1.807) is 0 Å². The van der Waals surface area contributed by atoms with E-state index in [1.165, 1.54) is 12.1 Å². The zero-order valence-electron chi connectivity index (χ0n) is 10.3. The van der Waals surface area contributed by atoms with E-state index in [2.05, 4.69) is 31.9 Å². The van der Waals surface area contributed by atoms with Crippen molar-refractivity contribution in [3.8, 4) is 5.75 Å². The van der Waals surface area contributed by atoms with Gasteiger partial charge in [0.2, 0.25) is 0 Å². The lowest BCUT2D eigenvalue weighted by atomic mass is 10.0. The SMILES string of the molecule is Fc1cc(Br)cc(F)c1C(Br)c1ccc2c(c1)CCO2. The van der Waals surface area contributed by atoms with Gasteiger partial charge in [-0.3, -0.25) is 0 Å². The first kappa shape index (κ1) is 14.0. The van der Waals surface area contributed by atoms with E-state index < -0.39 is 16.5 Å². The number of halogens is 4. The molecule has 2 aromatic carbocycles. The van der Waals surface area contributed by atoms with Crippen LogP contribution in [0.2, 0.25) is 0 Å². The Kier molecular flexibility index (Phi) is 3.82. The Hall–Kier alpha value is -0.940. The number of ether oxygens (including phenoxy) is 1. The Morgan fingerprint density at radius 3 is 2.50 bits per heavy atom. The molecule has 1 aliphatic heterocycles. The van der Waals surface area contributed by atoms with Crippen LogP contribution in [0.25, 0.3) is 0 Å². The zero-order chi connectivity index (χ0) is 14.3. The highest BCUT2D eigenvalue weighted by Gasteiger charge is 2.22. The normalized spacial score (nSPS) is 14.8. The van der Waals surface area contributed by atoms with E-state index in [9.17, 15) is 8.78 Å². The molecule has 1 unspecified atom stereocenters. The topological polar surface area (TPSA) is 9.23 Å². The van der Waals surface area contributed by atoms with Gasteiger partial charge in [0.1, 0.15) is 17.4 Å². The number of alkyl halides is 1. The molecular formula is C15H10Br2F2O. The maximum absolute atomic E-state index is 14.0. The summed E-state index contributed by atoms with van der Waals surface area (Å²) in [6, 6.07) is 8.14. The summed E-state index contributed by atoms with van der Waals surface area (Å²) in [5, 5.41) is 0. The minimum absolute atomic E-state index is 0.0204. The molecule has 1 nitrogen and oxygen atoms in total. The minimum atomic E-state index is -0.574. The van der Waals surface area contributed by atoms with Crippen LogP contribution in [-0.4, -0.2) is 6.61 Å². The second kappa shape index (κ2) is 5.45. The molecule has 0 saturated carbocycles. The van der Waals surface area contributed by atoms with Crippen LogP contribution < -0.4 is 4.74 Å². The van der Waals surface area contributed by atoms with Crippen LogP contribution in [0.1, 0.15) is 21.5 Å². The van der Waals surface area contributed by atoms with Crippen molar-refractivity contribution in [1.82, 2.24) is 0 Å². The number of rotatable bonds is 2. The van der Waals surface area contributed by atoms with Crippen LogP contribution in [0.4, 0.5) is 8.78 Å². The summed E-state index contributed by atoms with van der Waals surface area (Å²) in [6.07, 6.45) is 0.828. The first-order valence-electron chi connectivity index (χ1n) is 6.10. The van der Waals surface area contributed by atoms with Gasteiger partial charge in [-0.1, -0.05) is 44.0 Å². The highest BCUT2D eigenvalue weighted by Crippen LogP contribution is 2.38. The smallest absolute Gasteiger partial charge is 0.131 e. The molecule has 1 atom stereocenters. The van der Waals surface area contributed by atoms with Crippen molar-refractivity contribution < 1.29 is 13.5 Å². The Balaban J connectivity index is 2.03. The molecular weight excluding hydrogens is 394 g/mol. The lowest BCUT2D eigenvalue weighted by molar-refractivity contribution is 0.357. The van der Waals surface area contributed by atoms with Gasteiger partial charge in [0.05, 0.1) is 11.4 Å². The summed E-state index contributed by atoms with van der Waals surface area (Å²) in [5.74, 6) is -0.295. The number of hydrogen-bond acceptors (Lipinski definition) is 1. The van der Waals surface area contributed by atoms with Crippen molar-refractivity contribution in [3.05, 3.63) is 63.1 Å². The molecule has 0 N–H and O–H groups in total. The average molecular weight is 404 g/mol. The van der Waals surface area contributed by atoms with Crippen LogP contribution in [0.3, 0.4) is 0 Å². The van der Waals surface area contributed by atoms with Crippen LogP contribution in [0, 0.1) is 11.6 Å². The second-order valence-electron chi connectivity index (χ2n) is 4.61. The van der Waals surface area contributed by atoms with E-state index in [4.69, 9.17) is 4.74 Å². The van der Waals surface area contributed by atoms with Gasteiger partial charge in [0, 0.05) is 16.5 Å². The van der Waals surface area contributed by atoms with Crippen LogP contribution in [0.5, 0.6) is 5.75 Å². The fraction of sp³-hybridized carbons (Fsp3) is 0.200. The van der Waals surface area contributed by atoms with Gasteiger partial charge in [-0.05, 0) is 29.3 Å². The standard InChI is InChI=1S/C15H10Br2F2O/c16-10-6-11(18)14(12(19)7-10)15(17)9-1-2-13-8(5-9)3-4-20-13/h1-2,5-7,15H,3-4H2. The highest BCUT2D eigenvalue weighted by atomic mass is 79.9. The molecule has 1 aliphatic rings. The first-order valence-corrected chi connectivity index (χ1v) is 7.81. The van der Waals surface area contributed by atoms with Crippen molar-refractivity contribution in [1.29, 1.82) is 0 Å². The molecule has 0 aliphatic carbocycles. The Morgan fingerprint density at radius 2 is 1.80 bits per heavy atom. The summed E-state index contributed by atoms with van der Waals surface area (Å²) >= 11 is 6.47. The first-order chi connectivity index (χ1) is 9.56. The van der Waals surface area contributed by atoms with Crippen molar-refractivity contribution in [2.45, 2.75) is 11.2 Å². The lowest BCUT2D eigenvalue weighted by Crippen LogP contribution is -2.01. The lowest BCUT2D eigenvalue weighted by Gasteiger charge is -2.14. The third-order valence-electron chi connectivity index (χ3n) is 3.30. The molecule has 0 radical (unpaired) electrons. The van der Waals surface area contributed by atoms with E-state index in [-0.39, 0.29) is 5.56 Å². The maximum Gasteiger partial charge on any atom is 0.131 e. The quantitative estimate of drug-likeness (QED) is 0.630. The van der Waals surface area contributed by atoms with Crippen molar-refractivity contribution in [3.63, 3.8) is 0 Å². The Bertz CT molecular complexity index is 650. The molecule has 104 valence electrons. The molecule has 0 aromatic heterocycles. The van der Waals surface area contributed by atoms with E-state index in [0.717, 1.165) is 23.3 Å². The fourth-order valence-electron chi connectivity index (χ4n) is 2.33. The van der Waals surface area contributed by atoms with Crippen LogP contribution in [-0.2, 0) is 6.42 Å². The molecule has 0 spiro atoms. The van der Waals surface area contributed by atoms with E-state index >= 15 is 0 Å². The molecule has 0 fully saturated rings. The summed E-state index contributed by atoms with van der Waals surface area (Å²) in [4.78, 5) is -0.526. The third kappa shape index (κ3) is 2.49. The summed E-state index contributed by atoms with van der Waals surface area (Å²) in [6.45, 7) is 0.659. The van der Waals surface area contributed by atoms with Crippen molar-refractivity contribution in [2.24, 2.45) is 0 Å². The maximum atomic E-state index is 14.0. The largest absolute Gasteiger partial charge is 0.493 e. The molecule has 0 bridgehead atoms. The third-order valence-corrected chi connectivity index (χ3v) is 4.75. The van der Waals surface area contributed by atoms with Gasteiger partial charge in [-0.15, -0.1) is 0 Å². The monoisotopic (exact) mass is 402 g/mol. The highest BCUT2D eigenvalue weighted by molar-refractivity contribution is 9.10. The van der Waals surface area contributed by atoms with Crippen molar-refractivity contribution >= 4 is 31.9 Å². The number of benzene rings is 2. The van der Waals surface area contributed by atoms with E-state index in [0.29, 0.717) is 11.1 Å². The van der Waals surface area contributed by atoms with Gasteiger partial charge in [0.25, 0.3) is 0 Å². The van der Waals surface area contributed by atoms with Gasteiger partial charge < -0.3 is 4.74 Å². The van der Waals surface area contributed by atoms with E-state index in [1.807, 2.05) is 18.2 Å². The predicted molar refractivity (Wildman–Crippen MR) is 80.5 cm³/mol. The van der Waals surface area contributed by atoms with Gasteiger partial charge in [0.15, 0.2) is 0 Å². The fourth-order valence-corrected chi connectivity index (χ4v) is 3.45. The molecule has 20 heavy (non-hydrogen) atoms. The second-order valence-corrected chi connectivity index (χ2v) is 6.44. The summed E-state index contributed by atoms with van der Waals surface area (Å²) < 4.78 is 33.8. The number of hydrogen-bond donors (Lipinski definition) is 0. The molecule has 0 saturated heterocycles. The summed E-state index contributed by atoms with van der Waals surface area (Å²) in [5.41, 5.74) is 1.91. The average Bonchev–Trinajstić information content (AvgIpc) is 2.84. The molecule has 1 heterocycles. The van der Waals surface area contributed by atoms with Crippen molar-refractivity contribution in [2.75, 3.05) is 6.61 Å². The van der Waals surface area contributed by atoms with Gasteiger partial charge >= 0.3 is 0 Å². The summed E-state index contributed by atoms with van der Waals surface area (Å²) in [7, 11) is 0. The predicted octanol–water partition coefficient (Wildman–Crippen LogP) is 5.15. The number of fused-ring (bicyclic) bond motifs is 1. The minimum Gasteiger partial charge on any atom is -0.493 e. The zero-order valence-corrected chi connectivity index (χ0v) is 13.5. The Labute approximate surface area is 132 Å². The Morgan fingerprint density at radius 1 is 1.10 bits per heavy atom. The van der Waals surface area contributed by atoms with Crippen LogP contribution >= 0.6 is 31.9 Å². The molecule has 0 amide bonds. The molecule has 2 aromatic rings. The molecule has 5 heteroatoms. The van der Waals surface area contributed by atoms with Gasteiger partial charge in [-0.2, -0.15) is 0 Å². The van der Waals surface area contributed by atoms with Gasteiger partial charge in [-0.25, -0.2) is 8.78 Å². The molecule has 3 rings (SSSR count).